The first-order valence-electron chi connectivity index (χ1n) is 6.50. The van der Waals surface area contributed by atoms with E-state index in [0.29, 0.717) is 12.5 Å². The Kier molecular flexibility index (Phi) is 5.26. The molecule has 1 unspecified atom stereocenters. The molecule has 1 amide bonds. The van der Waals surface area contributed by atoms with Gasteiger partial charge in [0.1, 0.15) is 0 Å². The van der Waals surface area contributed by atoms with Gasteiger partial charge in [0.15, 0.2) is 0 Å². The molecule has 1 aliphatic carbocycles. The first-order chi connectivity index (χ1) is 7.56. The summed E-state index contributed by atoms with van der Waals surface area (Å²) in [6.07, 6.45) is 6.51. The standard InChI is InChI=1S/C13H26N2O/c1-13(2)9-5-4-7-11(13)15-12(16)8-6-10-14-3/h11,14H,4-10H2,1-3H3,(H,15,16). The fourth-order valence-electron chi connectivity index (χ4n) is 2.45. The van der Waals surface area contributed by atoms with Crippen molar-refractivity contribution in [2.24, 2.45) is 5.41 Å². The van der Waals surface area contributed by atoms with Crippen molar-refractivity contribution in [1.82, 2.24) is 10.6 Å². The molecule has 1 aliphatic rings. The zero-order chi connectivity index (χ0) is 12.0. The minimum atomic E-state index is 0.218. The summed E-state index contributed by atoms with van der Waals surface area (Å²) < 4.78 is 0. The highest BCUT2D eigenvalue weighted by atomic mass is 16.1. The van der Waals surface area contributed by atoms with E-state index >= 15 is 0 Å². The largest absolute Gasteiger partial charge is 0.353 e. The Labute approximate surface area is 99.4 Å². The maximum absolute atomic E-state index is 11.7. The van der Waals surface area contributed by atoms with Gasteiger partial charge in [-0.25, -0.2) is 0 Å². The third kappa shape index (κ3) is 4.12. The first-order valence-corrected chi connectivity index (χ1v) is 6.50. The lowest BCUT2D eigenvalue weighted by molar-refractivity contribution is -0.123. The highest BCUT2D eigenvalue weighted by Gasteiger charge is 2.32. The molecular formula is C13H26N2O. The monoisotopic (exact) mass is 226 g/mol. The van der Waals surface area contributed by atoms with Gasteiger partial charge in [0.05, 0.1) is 0 Å². The predicted octanol–water partition coefficient (Wildman–Crippen LogP) is 2.07. The van der Waals surface area contributed by atoms with Crippen LogP contribution in [-0.2, 0) is 4.79 Å². The van der Waals surface area contributed by atoms with Crippen LogP contribution in [0.25, 0.3) is 0 Å². The van der Waals surface area contributed by atoms with Crippen LogP contribution >= 0.6 is 0 Å². The van der Waals surface area contributed by atoms with Crippen LogP contribution in [0.3, 0.4) is 0 Å². The van der Waals surface area contributed by atoms with Crippen LogP contribution in [-0.4, -0.2) is 25.5 Å². The van der Waals surface area contributed by atoms with Gasteiger partial charge in [0.2, 0.25) is 5.91 Å². The maximum atomic E-state index is 11.7. The molecule has 0 aromatic carbocycles. The summed E-state index contributed by atoms with van der Waals surface area (Å²) in [5.41, 5.74) is 0.275. The van der Waals surface area contributed by atoms with Crippen molar-refractivity contribution < 1.29 is 4.79 Å². The molecule has 1 fully saturated rings. The van der Waals surface area contributed by atoms with Gasteiger partial charge in [0, 0.05) is 12.5 Å². The second-order valence-corrected chi connectivity index (χ2v) is 5.56. The van der Waals surface area contributed by atoms with Gasteiger partial charge in [-0.1, -0.05) is 26.7 Å². The van der Waals surface area contributed by atoms with Gasteiger partial charge >= 0.3 is 0 Å². The highest BCUT2D eigenvalue weighted by molar-refractivity contribution is 5.76. The highest BCUT2D eigenvalue weighted by Crippen LogP contribution is 2.35. The number of rotatable bonds is 5. The fourth-order valence-corrected chi connectivity index (χ4v) is 2.45. The van der Waals surface area contributed by atoms with E-state index in [1.54, 1.807) is 0 Å². The van der Waals surface area contributed by atoms with Crippen LogP contribution < -0.4 is 10.6 Å². The normalized spacial score (nSPS) is 24.1. The summed E-state index contributed by atoms with van der Waals surface area (Å²) in [7, 11) is 1.92. The molecule has 0 aliphatic heterocycles. The van der Waals surface area contributed by atoms with Gasteiger partial charge in [-0.3, -0.25) is 4.79 Å². The number of hydrogen-bond donors (Lipinski definition) is 2. The molecule has 16 heavy (non-hydrogen) atoms. The lowest BCUT2D eigenvalue weighted by atomic mass is 9.73. The molecule has 3 heteroatoms. The first kappa shape index (κ1) is 13.5. The molecule has 0 radical (unpaired) electrons. The SMILES string of the molecule is CNCCCC(=O)NC1CCCCC1(C)C. The zero-order valence-electron chi connectivity index (χ0n) is 10.9. The zero-order valence-corrected chi connectivity index (χ0v) is 10.9. The van der Waals surface area contributed by atoms with Crippen LogP contribution in [0.1, 0.15) is 52.4 Å². The van der Waals surface area contributed by atoms with Crippen molar-refractivity contribution in [1.29, 1.82) is 0 Å². The minimum Gasteiger partial charge on any atom is -0.353 e. The van der Waals surface area contributed by atoms with Gasteiger partial charge in [-0.05, 0) is 38.3 Å². The number of hydrogen-bond acceptors (Lipinski definition) is 2. The van der Waals surface area contributed by atoms with Crippen LogP contribution in [0.5, 0.6) is 0 Å². The average molecular weight is 226 g/mol. The van der Waals surface area contributed by atoms with Gasteiger partial charge in [-0.15, -0.1) is 0 Å². The number of amides is 1. The van der Waals surface area contributed by atoms with E-state index in [-0.39, 0.29) is 11.3 Å². The Bertz CT molecular complexity index is 226. The second-order valence-electron chi connectivity index (χ2n) is 5.56. The summed E-state index contributed by atoms with van der Waals surface area (Å²) >= 11 is 0. The van der Waals surface area contributed by atoms with Crippen molar-refractivity contribution in [2.45, 2.75) is 58.4 Å². The van der Waals surface area contributed by atoms with Crippen LogP contribution in [0.2, 0.25) is 0 Å². The number of nitrogens with one attached hydrogen (secondary N) is 2. The summed E-state index contributed by atoms with van der Waals surface area (Å²) in [5, 5.41) is 6.26. The van der Waals surface area contributed by atoms with E-state index < -0.39 is 0 Å². The molecule has 2 N–H and O–H groups in total. The van der Waals surface area contributed by atoms with E-state index in [9.17, 15) is 4.79 Å². The molecule has 1 atom stereocenters. The molecule has 0 aromatic rings. The fraction of sp³-hybridized carbons (Fsp3) is 0.923. The Balaban J connectivity index is 2.31. The van der Waals surface area contributed by atoms with Crippen LogP contribution in [0, 0.1) is 5.41 Å². The number of carbonyl (C=O) groups is 1. The van der Waals surface area contributed by atoms with Gasteiger partial charge < -0.3 is 10.6 Å². The van der Waals surface area contributed by atoms with Gasteiger partial charge in [-0.2, -0.15) is 0 Å². The lowest BCUT2D eigenvalue weighted by Gasteiger charge is -2.39. The van der Waals surface area contributed by atoms with E-state index in [1.807, 2.05) is 7.05 Å². The average Bonchev–Trinajstić information content (AvgIpc) is 2.21. The van der Waals surface area contributed by atoms with E-state index in [0.717, 1.165) is 19.4 Å². The number of carbonyl (C=O) groups excluding carboxylic acids is 1. The lowest BCUT2D eigenvalue weighted by Crippen LogP contribution is -2.46. The Morgan fingerprint density at radius 3 is 2.75 bits per heavy atom. The summed E-state index contributed by atoms with van der Waals surface area (Å²) in [4.78, 5) is 11.7. The maximum Gasteiger partial charge on any atom is 0.220 e. The van der Waals surface area contributed by atoms with Crippen molar-refractivity contribution in [2.75, 3.05) is 13.6 Å². The molecule has 0 aromatic heterocycles. The molecule has 0 spiro atoms. The third-order valence-electron chi connectivity index (χ3n) is 3.67. The van der Waals surface area contributed by atoms with Crippen molar-refractivity contribution >= 4 is 5.91 Å². The predicted molar refractivity (Wildman–Crippen MR) is 67.3 cm³/mol. The molecule has 0 saturated heterocycles. The van der Waals surface area contributed by atoms with E-state index in [4.69, 9.17) is 0 Å². The topological polar surface area (TPSA) is 41.1 Å². The molecule has 0 heterocycles. The van der Waals surface area contributed by atoms with E-state index in [1.165, 1.54) is 19.3 Å². The van der Waals surface area contributed by atoms with Crippen LogP contribution in [0.4, 0.5) is 0 Å². The van der Waals surface area contributed by atoms with Gasteiger partial charge in [0.25, 0.3) is 0 Å². The van der Waals surface area contributed by atoms with Crippen LogP contribution in [0.15, 0.2) is 0 Å². The van der Waals surface area contributed by atoms with Crippen molar-refractivity contribution in [3.8, 4) is 0 Å². The summed E-state index contributed by atoms with van der Waals surface area (Å²) in [6.45, 7) is 5.46. The minimum absolute atomic E-state index is 0.218. The third-order valence-corrected chi connectivity index (χ3v) is 3.67. The second kappa shape index (κ2) is 6.24. The van der Waals surface area contributed by atoms with Crippen molar-refractivity contribution in [3.63, 3.8) is 0 Å². The smallest absolute Gasteiger partial charge is 0.220 e. The Hall–Kier alpha value is -0.570. The molecule has 94 valence electrons. The molecule has 1 rings (SSSR count). The quantitative estimate of drug-likeness (QED) is 0.705. The molecule has 1 saturated carbocycles. The Morgan fingerprint density at radius 1 is 1.38 bits per heavy atom. The Morgan fingerprint density at radius 2 is 2.12 bits per heavy atom. The van der Waals surface area contributed by atoms with Crippen molar-refractivity contribution in [3.05, 3.63) is 0 Å². The summed E-state index contributed by atoms with van der Waals surface area (Å²) in [6, 6.07) is 0.378. The molecule has 3 nitrogen and oxygen atoms in total. The van der Waals surface area contributed by atoms with E-state index in [2.05, 4.69) is 24.5 Å². The molecule has 0 bridgehead atoms. The summed E-state index contributed by atoms with van der Waals surface area (Å²) in [5.74, 6) is 0.218. The molecular weight excluding hydrogens is 200 g/mol.